The quantitative estimate of drug-likeness (QED) is 0.693. The van der Waals surface area contributed by atoms with Crippen LogP contribution >= 0.6 is 0 Å². The summed E-state index contributed by atoms with van der Waals surface area (Å²) < 4.78 is 9.19. The molecule has 0 aliphatic carbocycles. The minimum Gasteiger partial charge on any atom is -0.494 e. The van der Waals surface area contributed by atoms with Crippen LogP contribution in [0.15, 0.2) is 30.9 Å². The number of hydrogen-bond donors (Lipinski definition) is 1. The Morgan fingerprint density at radius 1 is 1.19 bits per heavy atom. The van der Waals surface area contributed by atoms with Gasteiger partial charge >= 0.3 is 0 Å². The van der Waals surface area contributed by atoms with Gasteiger partial charge in [-0.15, -0.1) is 0 Å². The fraction of sp³-hybridized carbons (Fsp3) is 0.455. The van der Waals surface area contributed by atoms with E-state index in [1.807, 2.05) is 34.2 Å². The molecule has 5 rings (SSSR count). The normalized spacial score (nSPS) is 19.6. The van der Waals surface area contributed by atoms with Gasteiger partial charge < -0.3 is 15.0 Å². The summed E-state index contributed by atoms with van der Waals surface area (Å²) in [5.74, 6) is 1.04. The molecule has 2 saturated heterocycles. The number of piperidine rings is 1. The van der Waals surface area contributed by atoms with Crippen molar-refractivity contribution in [3.05, 3.63) is 36.4 Å². The maximum atomic E-state index is 12.6. The lowest BCUT2D eigenvalue weighted by Gasteiger charge is -2.33. The standard InChI is InChI=1S/C22H25N7O2/c1-31-20-8-16(13-29-21(20)17(9-23)11-26-29)18-12-25-28(14-18)19-3-6-27(7-4-19)22(30)15-2-5-24-10-15/h8,11-15,19,24H,2-7,10H2,1H3/t15-/m1/s1. The van der Waals surface area contributed by atoms with Gasteiger partial charge in [-0.25, -0.2) is 4.52 Å². The molecule has 0 unspecified atom stereocenters. The summed E-state index contributed by atoms with van der Waals surface area (Å²) in [6.07, 6.45) is 10.1. The summed E-state index contributed by atoms with van der Waals surface area (Å²) in [4.78, 5) is 14.7. The van der Waals surface area contributed by atoms with Crippen molar-refractivity contribution >= 4 is 11.4 Å². The molecule has 2 aliphatic heterocycles. The van der Waals surface area contributed by atoms with Gasteiger partial charge in [0, 0.05) is 43.2 Å². The summed E-state index contributed by atoms with van der Waals surface area (Å²) in [5, 5.41) is 21.5. The smallest absolute Gasteiger partial charge is 0.227 e. The van der Waals surface area contributed by atoms with E-state index in [0.717, 1.165) is 56.6 Å². The van der Waals surface area contributed by atoms with Crippen LogP contribution in [0.3, 0.4) is 0 Å². The summed E-state index contributed by atoms with van der Waals surface area (Å²) in [5.41, 5.74) is 3.03. The zero-order valence-corrected chi connectivity index (χ0v) is 17.5. The van der Waals surface area contributed by atoms with Crippen LogP contribution in [0, 0.1) is 17.2 Å². The Balaban J connectivity index is 1.32. The molecule has 1 atom stereocenters. The van der Waals surface area contributed by atoms with E-state index in [4.69, 9.17) is 4.74 Å². The average Bonchev–Trinajstić information content (AvgIpc) is 3.58. The molecule has 9 nitrogen and oxygen atoms in total. The molecule has 2 aliphatic rings. The molecule has 1 amide bonds. The van der Waals surface area contributed by atoms with Gasteiger partial charge in [0.1, 0.15) is 22.9 Å². The lowest BCUT2D eigenvalue weighted by molar-refractivity contribution is -0.136. The van der Waals surface area contributed by atoms with Gasteiger partial charge in [-0.1, -0.05) is 0 Å². The highest BCUT2D eigenvalue weighted by atomic mass is 16.5. The van der Waals surface area contributed by atoms with Crippen LogP contribution in [0.25, 0.3) is 16.6 Å². The van der Waals surface area contributed by atoms with Crippen LogP contribution in [-0.4, -0.2) is 63.5 Å². The van der Waals surface area contributed by atoms with E-state index in [0.29, 0.717) is 22.7 Å². The predicted octanol–water partition coefficient (Wildman–Crippen LogP) is 1.85. The molecule has 5 heterocycles. The Hall–Kier alpha value is -3.38. The van der Waals surface area contributed by atoms with Gasteiger partial charge in [0.25, 0.3) is 0 Å². The van der Waals surface area contributed by atoms with Crippen molar-refractivity contribution in [2.24, 2.45) is 5.92 Å². The van der Waals surface area contributed by atoms with Gasteiger partial charge in [-0.3, -0.25) is 9.48 Å². The number of methoxy groups -OCH3 is 1. The van der Waals surface area contributed by atoms with E-state index in [1.54, 1.807) is 17.8 Å². The molecule has 2 fully saturated rings. The number of fused-ring (bicyclic) bond motifs is 1. The molecule has 0 radical (unpaired) electrons. The number of nitrogens with one attached hydrogen (secondary N) is 1. The Morgan fingerprint density at radius 3 is 2.74 bits per heavy atom. The van der Waals surface area contributed by atoms with Crippen molar-refractivity contribution in [3.8, 4) is 22.9 Å². The van der Waals surface area contributed by atoms with Crippen molar-refractivity contribution in [2.75, 3.05) is 33.3 Å². The minimum absolute atomic E-state index is 0.140. The van der Waals surface area contributed by atoms with Gasteiger partial charge in [0.05, 0.1) is 31.5 Å². The zero-order valence-electron chi connectivity index (χ0n) is 17.5. The first-order valence-electron chi connectivity index (χ1n) is 10.7. The number of hydrogen-bond acceptors (Lipinski definition) is 6. The first kappa shape index (κ1) is 19.6. The Bertz CT molecular complexity index is 1140. The number of nitriles is 1. The van der Waals surface area contributed by atoms with Gasteiger partial charge in [-0.2, -0.15) is 15.5 Å². The molecule has 1 N–H and O–H groups in total. The van der Waals surface area contributed by atoms with Gasteiger partial charge in [-0.05, 0) is 31.9 Å². The highest BCUT2D eigenvalue weighted by Gasteiger charge is 2.30. The van der Waals surface area contributed by atoms with E-state index in [1.165, 1.54) is 0 Å². The number of nitrogens with zero attached hydrogens (tertiary/aromatic N) is 6. The maximum absolute atomic E-state index is 12.6. The number of amides is 1. The number of likely N-dealkylation sites (tertiary alicyclic amines) is 1. The summed E-state index contributed by atoms with van der Waals surface area (Å²) in [6, 6.07) is 4.34. The molecule has 3 aromatic heterocycles. The molecule has 9 heteroatoms. The lowest BCUT2D eigenvalue weighted by Crippen LogP contribution is -2.42. The molecule has 31 heavy (non-hydrogen) atoms. The molecular formula is C22H25N7O2. The number of ether oxygens (including phenoxy) is 1. The molecular weight excluding hydrogens is 394 g/mol. The van der Waals surface area contributed by atoms with Crippen LogP contribution in [0.5, 0.6) is 5.75 Å². The van der Waals surface area contributed by atoms with Crippen LogP contribution in [-0.2, 0) is 4.79 Å². The molecule has 160 valence electrons. The fourth-order valence-corrected chi connectivity index (χ4v) is 4.64. The van der Waals surface area contributed by atoms with E-state index >= 15 is 0 Å². The number of pyridine rings is 1. The second-order valence-corrected chi connectivity index (χ2v) is 8.22. The van der Waals surface area contributed by atoms with Crippen molar-refractivity contribution in [3.63, 3.8) is 0 Å². The minimum atomic E-state index is 0.140. The number of aromatic nitrogens is 4. The first-order valence-corrected chi connectivity index (χ1v) is 10.7. The maximum Gasteiger partial charge on any atom is 0.227 e. The second-order valence-electron chi connectivity index (χ2n) is 8.22. The van der Waals surface area contributed by atoms with Crippen molar-refractivity contribution in [2.45, 2.75) is 25.3 Å². The summed E-state index contributed by atoms with van der Waals surface area (Å²) in [6.45, 7) is 3.30. The summed E-state index contributed by atoms with van der Waals surface area (Å²) >= 11 is 0. The van der Waals surface area contributed by atoms with E-state index in [2.05, 4.69) is 21.6 Å². The van der Waals surface area contributed by atoms with Crippen molar-refractivity contribution in [1.29, 1.82) is 5.26 Å². The topological polar surface area (TPSA) is 100 Å². The van der Waals surface area contributed by atoms with Gasteiger partial charge in [0.2, 0.25) is 5.91 Å². The van der Waals surface area contributed by atoms with Crippen LogP contribution < -0.4 is 10.1 Å². The second kappa shape index (κ2) is 8.04. The molecule has 0 bridgehead atoms. The predicted molar refractivity (Wildman–Crippen MR) is 114 cm³/mol. The molecule has 0 spiro atoms. The Kier molecular flexibility index (Phi) is 5.08. The largest absolute Gasteiger partial charge is 0.494 e. The van der Waals surface area contributed by atoms with E-state index < -0.39 is 0 Å². The zero-order chi connectivity index (χ0) is 21.4. The molecule has 3 aromatic rings. The highest BCUT2D eigenvalue weighted by molar-refractivity contribution is 5.79. The lowest BCUT2D eigenvalue weighted by atomic mass is 10.0. The van der Waals surface area contributed by atoms with Crippen molar-refractivity contribution < 1.29 is 9.53 Å². The SMILES string of the molecule is COc1cc(-c2cnn(C3CCN(C(=O)[C@@H]4CCNC4)CC3)c2)cn2ncc(C#N)c12. The van der Waals surface area contributed by atoms with Gasteiger partial charge in [0.15, 0.2) is 0 Å². The average molecular weight is 419 g/mol. The summed E-state index contributed by atoms with van der Waals surface area (Å²) in [7, 11) is 1.59. The van der Waals surface area contributed by atoms with Crippen LogP contribution in [0.1, 0.15) is 30.9 Å². The number of carbonyl (C=O) groups excluding carboxylic acids is 1. The number of carbonyl (C=O) groups is 1. The molecule has 0 saturated carbocycles. The highest BCUT2D eigenvalue weighted by Crippen LogP contribution is 2.31. The fourth-order valence-electron chi connectivity index (χ4n) is 4.64. The molecule has 0 aromatic carbocycles. The third-order valence-electron chi connectivity index (χ3n) is 6.41. The Labute approximate surface area is 180 Å². The third-order valence-corrected chi connectivity index (χ3v) is 6.41. The van der Waals surface area contributed by atoms with E-state index in [-0.39, 0.29) is 12.0 Å². The van der Waals surface area contributed by atoms with Crippen molar-refractivity contribution in [1.82, 2.24) is 29.6 Å². The third kappa shape index (κ3) is 3.53. The monoisotopic (exact) mass is 419 g/mol. The van der Waals surface area contributed by atoms with Crippen LogP contribution in [0.2, 0.25) is 0 Å². The number of rotatable bonds is 4. The van der Waals surface area contributed by atoms with Crippen LogP contribution in [0.4, 0.5) is 0 Å². The van der Waals surface area contributed by atoms with E-state index in [9.17, 15) is 10.1 Å². The Morgan fingerprint density at radius 2 is 2.03 bits per heavy atom. The first-order chi connectivity index (χ1) is 15.2.